The Morgan fingerprint density at radius 3 is 2.44 bits per heavy atom. The van der Waals surface area contributed by atoms with Crippen LogP contribution in [0.4, 0.5) is 17.6 Å². The molecule has 0 fully saturated rings. The van der Waals surface area contributed by atoms with E-state index in [1.807, 2.05) is 0 Å². The van der Waals surface area contributed by atoms with E-state index < -0.39 is 39.6 Å². The van der Waals surface area contributed by atoms with Crippen molar-refractivity contribution in [3.8, 4) is 0 Å². The molecule has 11 heteroatoms. The number of halogens is 4. The monoisotopic (exact) mass is 402 g/mol. The van der Waals surface area contributed by atoms with Crippen LogP contribution in [0.1, 0.15) is 18.5 Å². The van der Waals surface area contributed by atoms with Crippen LogP contribution in [0.2, 0.25) is 0 Å². The van der Waals surface area contributed by atoms with Crippen LogP contribution in [-0.2, 0) is 10.0 Å². The molecule has 0 saturated carbocycles. The highest BCUT2D eigenvalue weighted by Crippen LogP contribution is 2.40. The van der Waals surface area contributed by atoms with Crippen molar-refractivity contribution in [2.45, 2.75) is 24.2 Å². The van der Waals surface area contributed by atoms with Gasteiger partial charge in [0, 0.05) is 25.1 Å². The largest absolute Gasteiger partial charge is 0.409 e. The molecule has 0 radical (unpaired) electrons. The van der Waals surface area contributed by atoms with Gasteiger partial charge in [0.25, 0.3) is 10.0 Å². The number of aromatic nitrogens is 3. The van der Waals surface area contributed by atoms with Gasteiger partial charge in [0.15, 0.2) is 10.7 Å². The first-order valence-electron chi connectivity index (χ1n) is 7.77. The number of imidazole rings is 1. The first kappa shape index (κ1) is 19.2. The zero-order valence-corrected chi connectivity index (χ0v) is 14.7. The van der Waals surface area contributed by atoms with Crippen LogP contribution in [0.25, 0.3) is 5.65 Å². The molecule has 0 bridgehead atoms. The number of sulfonamides is 1. The molecule has 6 nitrogen and oxygen atoms in total. The molecule has 0 spiro atoms. The summed E-state index contributed by atoms with van der Waals surface area (Å²) in [7, 11) is -4.59. The lowest BCUT2D eigenvalue weighted by atomic mass is 10.1. The lowest BCUT2D eigenvalue weighted by Crippen LogP contribution is -2.42. The topological polar surface area (TPSA) is 67.6 Å². The van der Waals surface area contributed by atoms with Crippen molar-refractivity contribution in [2.75, 3.05) is 6.54 Å². The third-order valence-electron chi connectivity index (χ3n) is 3.91. The predicted octanol–water partition coefficient (Wildman–Crippen LogP) is 3.18. The van der Waals surface area contributed by atoms with Gasteiger partial charge in [-0.2, -0.15) is 17.5 Å². The van der Waals surface area contributed by atoms with Gasteiger partial charge in [0.05, 0.1) is 6.20 Å². The van der Waals surface area contributed by atoms with E-state index in [-0.39, 0.29) is 11.2 Å². The van der Waals surface area contributed by atoms with Crippen LogP contribution >= 0.6 is 0 Å². The highest BCUT2D eigenvalue weighted by Gasteiger charge is 2.49. The van der Waals surface area contributed by atoms with Crippen LogP contribution < -0.4 is 0 Å². The number of alkyl halides is 3. The Morgan fingerprint density at radius 1 is 1.22 bits per heavy atom. The maximum Gasteiger partial charge on any atom is 0.409 e. The van der Waals surface area contributed by atoms with E-state index in [2.05, 4.69) is 9.97 Å². The molecular weight excluding hydrogens is 388 g/mol. The van der Waals surface area contributed by atoms with Crippen LogP contribution in [0.5, 0.6) is 0 Å². The second-order valence-corrected chi connectivity index (χ2v) is 7.46. The molecule has 2 aromatic heterocycles. The average molecular weight is 402 g/mol. The molecule has 27 heavy (non-hydrogen) atoms. The van der Waals surface area contributed by atoms with E-state index in [1.54, 1.807) is 0 Å². The van der Waals surface area contributed by atoms with Crippen molar-refractivity contribution in [1.29, 1.82) is 0 Å². The molecule has 0 aliphatic carbocycles. The summed E-state index contributed by atoms with van der Waals surface area (Å²) in [6.07, 6.45) is 0.309. The summed E-state index contributed by atoms with van der Waals surface area (Å²) in [5, 5.41) is -0.534. The quantitative estimate of drug-likeness (QED) is 0.615. The van der Waals surface area contributed by atoms with Crippen LogP contribution in [-0.4, -0.2) is 39.8 Å². The Morgan fingerprint density at radius 2 is 1.89 bits per heavy atom. The fourth-order valence-electron chi connectivity index (χ4n) is 2.72. The minimum atomic E-state index is -4.92. The molecule has 3 rings (SSSR count). The summed E-state index contributed by atoms with van der Waals surface area (Å²) in [5.41, 5.74) is -0.211. The van der Waals surface area contributed by atoms with E-state index >= 15 is 0 Å². The standard InChI is InChI=1S/C16H14F4N4O2S/c1-2-24(15(16(18,19)20)11-3-5-12(17)6-4-11)27(25,26)14-10-23-8-7-21-9-13(23)22-14/h3-10,15H,2H2,1H3. The Hall–Kier alpha value is -2.53. The predicted molar refractivity (Wildman–Crippen MR) is 87.7 cm³/mol. The van der Waals surface area contributed by atoms with Crippen LogP contribution in [0.3, 0.4) is 0 Å². The molecule has 0 N–H and O–H groups in total. The molecule has 2 heterocycles. The first-order valence-corrected chi connectivity index (χ1v) is 9.21. The lowest BCUT2D eigenvalue weighted by Gasteiger charge is -2.31. The molecule has 0 amide bonds. The first-order chi connectivity index (χ1) is 12.6. The molecule has 0 saturated heterocycles. The molecule has 1 atom stereocenters. The summed E-state index contributed by atoms with van der Waals surface area (Å²) < 4.78 is 81.9. The number of hydrogen-bond donors (Lipinski definition) is 0. The number of nitrogens with zero attached hydrogens (tertiary/aromatic N) is 4. The fraction of sp³-hybridized carbons (Fsp3) is 0.250. The van der Waals surface area contributed by atoms with Gasteiger partial charge in [0.1, 0.15) is 11.9 Å². The lowest BCUT2D eigenvalue weighted by molar-refractivity contribution is -0.173. The van der Waals surface area contributed by atoms with Crippen molar-refractivity contribution >= 4 is 15.7 Å². The maximum absolute atomic E-state index is 13.8. The summed E-state index contributed by atoms with van der Waals surface area (Å²) in [6, 6.07) is 1.06. The molecule has 1 aromatic carbocycles. The zero-order chi connectivity index (χ0) is 19.8. The van der Waals surface area contributed by atoms with Crippen molar-refractivity contribution < 1.29 is 26.0 Å². The third-order valence-corrected chi connectivity index (χ3v) is 5.72. The van der Waals surface area contributed by atoms with Crippen LogP contribution in [0.15, 0.2) is 54.1 Å². The average Bonchev–Trinajstić information content (AvgIpc) is 3.04. The van der Waals surface area contributed by atoms with Crippen molar-refractivity contribution in [3.63, 3.8) is 0 Å². The molecule has 1 unspecified atom stereocenters. The van der Waals surface area contributed by atoms with Gasteiger partial charge in [0.2, 0.25) is 0 Å². The summed E-state index contributed by atoms with van der Waals surface area (Å²) >= 11 is 0. The molecule has 0 aliphatic rings. The van der Waals surface area contributed by atoms with E-state index in [4.69, 9.17) is 0 Å². The van der Waals surface area contributed by atoms with Crippen molar-refractivity contribution in [3.05, 3.63) is 60.4 Å². The van der Waals surface area contributed by atoms with E-state index in [1.165, 1.54) is 29.9 Å². The molecule has 144 valence electrons. The Labute approximate surface area is 152 Å². The second-order valence-electron chi connectivity index (χ2n) is 5.62. The maximum atomic E-state index is 13.8. The SMILES string of the molecule is CCN(C(c1ccc(F)cc1)C(F)(F)F)S(=O)(=O)c1cn2ccncc2n1. The number of fused-ring (bicyclic) bond motifs is 1. The molecular formula is C16H14F4N4O2S. The Bertz CT molecular complexity index is 1020. The van der Waals surface area contributed by atoms with E-state index in [9.17, 15) is 26.0 Å². The molecule has 3 aromatic rings. The van der Waals surface area contributed by atoms with Gasteiger partial charge in [-0.15, -0.1) is 0 Å². The molecule has 0 aliphatic heterocycles. The van der Waals surface area contributed by atoms with E-state index in [0.717, 1.165) is 30.5 Å². The highest BCUT2D eigenvalue weighted by atomic mass is 32.2. The minimum Gasteiger partial charge on any atom is -0.303 e. The second kappa shape index (κ2) is 6.89. The van der Waals surface area contributed by atoms with Gasteiger partial charge in [-0.1, -0.05) is 19.1 Å². The van der Waals surface area contributed by atoms with Gasteiger partial charge in [-0.3, -0.25) is 4.98 Å². The minimum absolute atomic E-state index is 0.178. The number of rotatable bonds is 5. The fourth-order valence-corrected chi connectivity index (χ4v) is 4.27. The number of hydrogen-bond acceptors (Lipinski definition) is 4. The number of benzene rings is 1. The smallest absolute Gasteiger partial charge is 0.303 e. The summed E-state index contributed by atoms with van der Waals surface area (Å²) in [6.45, 7) is 0.827. The summed E-state index contributed by atoms with van der Waals surface area (Å²) in [4.78, 5) is 7.67. The highest BCUT2D eigenvalue weighted by molar-refractivity contribution is 7.89. The van der Waals surface area contributed by atoms with Crippen LogP contribution in [0, 0.1) is 5.82 Å². The zero-order valence-electron chi connectivity index (χ0n) is 13.9. The third kappa shape index (κ3) is 3.65. The van der Waals surface area contributed by atoms with Gasteiger partial charge in [-0.05, 0) is 17.7 Å². The van der Waals surface area contributed by atoms with Crippen molar-refractivity contribution in [2.24, 2.45) is 0 Å². The van der Waals surface area contributed by atoms with Gasteiger partial charge in [-0.25, -0.2) is 17.8 Å². The van der Waals surface area contributed by atoms with E-state index in [0.29, 0.717) is 4.31 Å². The van der Waals surface area contributed by atoms with Gasteiger partial charge >= 0.3 is 6.18 Å². The normalized spacial score (nSPS) is 14.0. The Kier molecular flexibility index (Phi) is 4.91. The van der Waals surface area contributed by atoms with Crippen molar-refractivity contribution in [1.82, 2.24) is 18.7 Å². The summed E-state index contributed by atoms with van der Waals surface area (Å²) in [5.74, 6) is -0.724. The van der Waals surface area contributed by atoms with Gasteiger partial charge < -0.3 is 4.40 Å². The Balaban J connectivity index is 2.12.